The predicted molar refractivity (Wildman–Crippen MR) is 135 cm³/mol. The van der Waals surface area contributed by atoms with E-state index in [0.29, 0.717) is 5.69 Å². The molecule has 3 rings (SSSR count). The Kier molecular flexibility index (Phi) is 9.16. The van der Waals surface area contributed by atoms with E-state index in [9.17, 15) is 19.2 Å². The molecular weight excluding hydrogens is 468 g/mol. The molecule has 0 fully saturated rings. The molecule has 6 N–H and O–H groups in total. The Morgan fingerprint density at radius 1 is 0.886 bits per heavy atom. The van der Waals surface area contributed by atoms with Crippen molar-refractivity contribution in [1.82, 2.24) is 21.0 Å². The molecule has 35 heavy (non-hydrogen) atoms. The fourth-order valence-electron chi connectivity index (χ4n) is 3.47. The molecule has 0 saturated heterocycles. The van der Waals surface area contributed by atoms with Crippen molar-refractivity contribution in [2.75, 3.05) is 11.1 Å². The predicted octanol–water partition coefficient (Wildman–Crippen LogP) is 0.695. The van der Waals surface area contributed by atoms with Crippen molar-refractivity contribution in [2.24, 2.45) is 5.84 Å². The van der Waals surface area contributed by atoms with Crippen LogP contribution in [0.4, 0.5) is 5.69 Å². The van der Waals surface area contributed by atoms with Gasteiger partial charge in [-0.05, 0) is 28.5 Å². The van der Waals surface area contributed by atoms with Gasteiger partial charge in [-0.1, -0.05) is 42.5 Å². The fourth-order valence-corrected chi connectivity index (χ4v) is 3.73. The van der Waals surface area contributed by atoms with Gasteiger partial charge in [0, 0.05) is 11.9 Å². The number of benzene rings is 2. The summed E-state index contributed by atoms with van der Waals surface area (Å²) in [7, 11) is 0. The first-order valence-electron chi connectivity index (χ1n) is 10.8. The van der Waals surface area contributed by atoms with E-state index in [4.69, 9.17) is 5.84 Å². The van der Waals surface area contributed by atoms with Crippen LogP contribution in [0.5, 0.6) is 0 Å². The lowest BCUT2D eigenvalue weighted by atomic mass is 10.0. The van der Waals surface area contributed by atoms with Gasteiger partial charge in [0.25, 0.3) is 5.91 Å². The summed E-state index contributed by atoms with van der Waals surface area (Å²) in [6.45, 7) is 0. The molecule has 0 aliphatic rings. The summed E-state index contributed by atoms with van der Waals surface area (Å²) in [6, 6.07) is 14.3. The molecule has 182 valence electrons. The molecule has 0 aliphatic heterocycles. The maximum absolute atomic E-state index is 12.7. The lowest BCUT2D eigenvalue weighted by Crippen LogP contribution is -2.53. The van der Waals surface area contributed by atoms with Crippen molar-refractivity contribution < 1.29 is 19.2 Å². The average Bonchev–Trinajstić information content (AvgIpc) is 2.87. The Morgan fingerprint density at radius 2 is 1.63 bits per heavy atom. The molecule has 4 amide bonds. The van der Waals surface area contributed by atoms with Crippen LogP contribution in [0.3, 0.4) is 0 Å². The van der Waals surface area contributed by atoms with Gasteiger partial charge in [0.05, 0.1) is 24.7 Å². The van der Waals surface area contributed by atoms with E-state index in [-0.39, 0.29) is 12.2 Å². The molecule has 0 aliphatic carbocycles. The minimum Gasteiger partial charge on any atom is -0.343 e. The second-order valence-corrected chi connectivity index (χ2v) is 8.05. The first-order valence-corrected chi connectivity index (χ1v) is 11.4. The minimum atomic E-state index is -1.23. The van der Waals surface area contributed by atoms with E-state index in [2.05, 4.69) is 33.6 Å². The van der Waals surface area contributed by atoms with Gasteiger partial charge >= 0.3 is 0 Å². The Morgan fingerprint density at radius 3 is 2.34 bits per heavy atom. The van der Waals surface area contributed by atoms with Gasteiger partial charge in [-0.2, -0.15) is 12.6 Å². The molecule has 0 spiro atoms. The van der Waals surface area contributed by atoms with Gasteiger partial charge in [-0.3, -0.25) is 29.6 Å². The lowest BCUT2D eigenvalue weighted by Gasteiger charge is -2.20. The second-order valence-electron chi connectivity index (χ2n) is 7.68. The summed E-state index contributed by atoms with van der Waals surface area (Å²) in [5.74, 6) is 2.93. The maximum atomic E-state index is 12.7. The number of thiol groups is 1. The lowest BCUT2D eigenvalue weighted by molar-refractivity contribution is -0.132. The number of carbonyl (C=O) groups is 4. The van der Waals surface area contributed by atoms with Crippen LogP contribution in [-0.2, 0) is 25.6 Å². The number of amides is 4. The van der Waals surface area contributed by atoms with Crippen LogP contribution in [0.2, 0.25) is 0 Å². The van der Waals surface area contributed by atoms with Crippen LogP contribution in [0.1, 0.15) is 12.0 Å². The highest BCUT2D eigenvalue weighted by molar-refractivity contribution is 7.80. The Bertz CT molecular complexity index is 1200. The number of nitrogens with zero attached hydrogens (tertiary/aromatic N) is 1. The van der Waals surface area contributed by atoms with Gasteiger partial charge in [0.15, 0.2) is 0 Å². The highest BCUT2D eigenvalue weighted by atomic mass is 32.1. The first kappa shape index (κ1) is 25.7. The Hall–Kier alpha value is -3.96. The first-order chi connectivity index (χ1) is 16.9. The summed E-state index contributed by atoms with van der Waals surface area (Å²) in [5, 5.41) is 9.60. The number of nitrogens with two attached hydrogens (primary N) is 1. The van der Waals surface area contributed by atoms with Gasteiger partial charge in [0.2, 0.25) is 17.7 Å². The number of carbonyl (C=O) groups excluding carboxylic acids is 4. The van der Waals surface area contributed by atoms with Crippen molar-refractivity contribution in [3.05, 3.63) is 72.6 Å². The quantitative estimate of drug-likeness (QED) is 0.105. The number of anilines is 1. The summed E-state index contributed by atoms with van der Waals surface area (Å²) < 4.78 is 0. The zero-order valence-electron chi connectivity index (χ0n) is 18.7. The highest BCUT2D eigenvalue weighted by Gasteiger charge is 2.26. The molecule has 11 heteroatoms. The highest BCUT2D eigenvalue weighted by Crippen LogP contribution is 2.19. The van der Waals surface area contributed by atoms with Crippen LogP contribution in [0.15, 0.2) is 67.0 Å². The topological polar surface area (TPSA) is 155 Å². The van der Waals surface area contributed by atoms with Gasteiger partial charge < -0.3 is 16.0 Å². The van der Waals surface area contributed by atoms with E-state index in [1.54, 1.807) is 18.3 Å². The number of aromatic nitrogens is 1. The third-order valence-electron chi connectivity index (χ3n) is 5.18. The average molecular weight is 495 g/mol. The molecule has 0 radical (unpaired) electrons. The van der Waals surface area contributed by atoms with E-state index < -0.39 is 42.1 Å². The standard InChI is InChI=1S/C24H26N6O4S/c25-30-24(34)19(28-21(31)11-16-7-3-6-15-5-1-2-9-18(15)16)12-22(32)29-20(14-35)23(33)27-17-8-4-10-26-13-17/h1-10,13,19-20,35H,11-12,14,25H2,(H,27,33)(H,28,31)(H,29,32)(H,30,34)/t19-,20-/m0/s1. The van der Waals surface area contributed by atoms with Gasteiger partial charge in [-0.15, -0.1) is 0 Å². The summed E-state index contributed by atoms with van der Waals surface area (Å²) >= 11 is 4.13. The Balaban J connectivity index is 1.62. The zero-order valence-corrected chi connectivity index (χ0v) is 19.6. The smallest absolute Gasteiger partial charge is 0.256 e. The van der Waals surface area contributed by atoms with E-state index in [1.807, 2.05) is 47.9 Å². The number of hydrogen-bond acceptors (Lipinski definition) is 7. The van der Waals surface area contributed by atoms with E-state index in [1.165, 1.54) is 6.20 Å². The number of hydrazine groups is 1. The van der Waals surface area contributed by atoms with Crippen molar-refractivity contribution in [1.29, 1.82) is 0 Å². The summed E-state index contributed by atoms with van der Waals surface area (Å²) in [5.41, 5.74) is 3.19. The Labute approximate surface area is 207 Å². The third-order valence-corrected chi connectivity index (χ3v) is 5.54. The summed E-state index contributed by atoms with van der Waals surface area (Å²) in [6.07, 6.45) is 2.60. The maximum Gasteiger partial charge on any atom is 0.256 e. The minimum absolute atomic E-state index is 0.00407. The number of nitrogens with one attached hydrogen (secondary N) is 4. The van der Waals surface area contributed by atoms with Crippen LogP contribution in [0.25, 0.3) is 10.8 Å². The second kappa shape index (κ2) is 12.5. The van der Waals surface area contributed by atoms with E-state index >= 15 is 0 Å². The molecule has 3 aromatic rings. The molecule has 0 bridgehead atoms. The number of pyridine rings is 1. The van der Waals surface area contributed by atoms with Crippen molar-refractivity contribution in [2.45, 2.75) is 24.9 Å². The number of rotatable bonds is 10. The van der Waals surface area contributed by atoms with E-state index in [0.717, 1.165) is 16.3 Å². The molecule has 2 aromatic carbocycles. The fraction of sp³-hybridized carbons (Fsp3) is 0.208. The largest absolute Gasteiger partial charge is 0.343 e. The molecule has 0 saturated carbocycles. The number of fused-ring (bicyclic) bond motifs is 1. The monoisotopic (exact) mass is 494 g/mol. The van der Waals surface area contributed by atoms with Gasteiger partial charge in [0.1, 0.15) is 12.1 Å². The normalized spacial score (nSPS) is 12.3. The molecule has 10 nitrogen and oxygen atoms in total. The molecule has 1 heterocycles. The van der Waals surface area contributed by atoms with Crippen molar-refractivity contribution >= 4 is 52.7 Å². The van der Waals surface area contributed by atoms with Crippen LogP contribution >= 0.6 is 12.6 Å². The summed E-state index contributed by atoms with van der Waals surface area (Å²) in [4.78, 5) is 53.9. The van der Waals surface area contributed by atoms with Crippen molar-refractivity contribution in [3.63, 3.8) is 0 Å². The van der Waals surface area contributed by atoms with Crippen LogP contribution in [-0.4, -0.2) is 46.4 Å². The number of hydrogen-bond donors (Lipinski definition) is 6. The van der Waals surface area contributed by atoms with Crippen LogP contribution in [0, 0.1) is 0 Å². The molecule has 0 unspecified atom stereocenters. The van der Waals surface area contributed by atoms with Gasteiger partial charge in [-0.25, -0.2) is 5.84 Å². The molecule has 2 atom stereocenters. The molecule has 1 aromatic heterocycles. The van der Waals surface area contributed by atoms with Crippen LogP contribution < -0.4 is 27.2 Å². The third kappa shape index (κ3) is 7.26. The van der Waals surface area contributed by atoms with Crippen molar-refractivity contribution in [3.8, 4) is 0 Å². The zero-order chi connectivity index (χ0) is 25.2. The molecular formula is C24H26N6O4S. The SMILES string of the molecule is NNC(=O)[C@H](CC(=O)N[C@@H](CS)C(=O)Nc1cccnc1)NC(=O)Cc1cccc2ccccc12.